The lowest BCUT2D eigenvalue weighted by Crippen LogP contribution is -2.32. The first-order valence-electron chi connectivity index (χ1n) is 5.51. The highest BCUT2D eigenvalue weighted by molar-refractivity contribution is 5.82. The molecule has 17 heavy (non-hydrogen) atoms. The molecule has 0 bridgehead atoms. The van der Waals surface area contributed by atoms with Crippen LogP contribution in [-0.2, 0) is 9.53 Å². The molecule has 4 nitrogen and oxygen atoms in total. The van der Waals surface area contributed by atoms with Crippen molar-refractivity contribution in [3.8, 4) is 6.07 Å². The first-order chi connectivity index (χ1) is 8.22. The number of hydrogen-bond donors (Lipinski definition) is 1. The van der Waals surface area contributed by atoms with E-state index in [1.807, 2.05) is 6.07 Å². The third-order valence-electron chi connectivity index (χ3n) is 2.97. The number of hydrogen-bond acceptors (Lipinski definition) is 4. The fourth-order valence-corrected chi connectivity index (χ4v) is 1.92. The number of ether oxygens (including phenoxy) is 1. The first-order valence-corrected chi connectivity index (χ1v) is 5.51. The molecule has 1 aliphatic rings. The molecule has 1 N–H and O–H groups in total. The smallest absolute Gasteiger partial charge is 0.143 e. The molecule has 2 atom stereocenters. The number of nitriles is 1. The van der Waals surface area contributed by atoms with Crippen LogP contribution in [0.4, 0.5) is 0 Å². The molecule has 0 saturated carbocycles. The van der Waals surface area contributed by atoms with Crippen LogP contribution in [0, 0.1) is 17.2 Å². The van der Waals surface area contributed by atoms with E-state index in [1.54, 1.807) is 24.3 Å². The molecular formula is C13H13NO3. The van der Waals surface area contributed by atoms with Crippen LogP contribution < -0.4 is 0 Å². The average molecular weight is 231 g/mol. The highest BCUT2D eigenvalue weighted by atomic mass is 16.5. The molecule has 0 amide bonds. The Kier molecular flexibility index (Phi) is 3.52. The van der Waals surface area contributed by atoms with E-state index in [9.17, 15) is 9.90 Å². The van der Waals surface area contributed by atoms with Crippen LogP contribution in [0.5, 0.6) is 0 Å². The van der Waals surface area contributed by atoms with Gasteiger partial charge in [-0.2, -0.15) is 5.26 Å². The van der Waals surface area contributed by atoms with Crippen molar-refractivity contribution in [1.82, 2.24) is 0 Å². The van der Waals surface area contributed by atoms with Crippen molar-refractivity contribution >= 4 is 5.78 Å². The number of Topliss-reactive ketones (excluding diaryl/α,β-unsaturated/α-hetero) is 1. The van der Waals surface area contributed by atoms with Gasteiger partial charge in [0.25, 0.3) is 0 Å². The van der Waals surface area contributed by atoms with Crippen molar-refractivity contribution in [3.05, 3.63) is 35.4 Å². The van der Waals surface area contributed by atoms with Crippen molar-refractivity contribution in [3.63, 3.8) is 0 Å². The molecule has 0 radical (unpaired) electrons. The summed E-state index contributed by atoms with van der Waals surface area (Å²) in [5, 5.41) is 18.8. The lowest BCUT2D eigenvalue weighted by atomic mass is 9.90. The van der Waals surface area contributed by atoms with Gasteiger partial charge in [-0.25, -0.2) is 0 Å². The summed E-state index contributed by atoms with van der Waals surface area (Å²) in [5.74, 6) is -0.454. The number of carbonyl (C=O) groups is 1. The van der Waals surface area contributed by atoms with E-state index in [1.165, 1.54) is 0 Å². The van der Waals surface area contributed by atoms with Crippen LogP contribution >= 0.6 is 0 Å². The molecular weight excluding hydrogens is 218 g/mol. The third-order valence-corrected chi connectivity index (χ3v) is 2.97. The van der Waals surface area contributed by atoms with Gasteiger partial charge < -0.3 is 9.84 Å². The molecule has 0 aliphatic carbocycles. The van der Waals surface area contributed by atoms with Crippen LogP contribution in [0.25, 0.3) is 0 Å². The zero-order chi connectivity index (χ0) is 12.3. The van der Waals surface area contributed by atoms with Gasteiger partial charge in [0.15, 0.2) is 0 Å². The van der Waals surface area contributed by atoms with Crippen LogP contribution in [0.2, 0.25) is 0 Å². The summed E-state index contributed by atoms with van der Waals surface area (Å²) < 4.78 is 5.21. The van der Waals surface area contributed by atoms with Gasteiger partial charge in [0.1, 0.15) is 5.78 Å². The van der Waals surface area contributed by atoms with E-state index in [2.05, 4.69) is 0 Å². The molecule has 1 saturated heterocycles. The lowest BCUT2D eigenvalue weighted by Gasteiger charge is -2.25. The van der Waals surface area contributed by atoms with Gasteiger partial charge in [-0.1, -0.05) is 12.1 Å². The van der Waals surface area contributed by atoms with Gasteiger partial charge in [-0.3, -0.25) is 4.79 Å². The summed E-state index contributed by atoms with van der Waals surface area (Å²) in [6.45, 7) is 0.704. The zero-order valence-corrected chi connectivity index (χ0v) is 9.30. The van der Waals surface area contributed by atoms with Gasteiger partial charge in [-0.15, -0.1) is 0 Å². The minimum absolute atomic E-state index is 0.0353. The maximum absolute atomic E-state index is 11.6. The monoisotopic (exact) mass is 231 g/mol. The molecule has 1 aromatic carbocycles. The normalized spacial score (nSPS) is 21.9. The number of aliphatic hydroxyl groups excluding tert-OH is 1. The number of benzene rings is 1. The molecule has 4 heteroatoms. The standard InChI is InChI=1S/C13H13NO3/c14-7-9-1-3-10(4-2-9)13(16)11-8-17-6-5-12(11)15/h1-4,11,13,16H,5-6,8H2/t11-,13+/m0/s1. The second-order valence-corrected chi connectivity index (χ2v) is 4.08. The molecule has 1 fully saturated rings. The minimum Gasteiger partial charge on any atom is -0.388 e. The Hall–Kier alpha value is -1.70. The van der Waals surface area contributed by atoms with Gasteiger partial charge in [0, 0.05) is 6.42 Å². The Morgan fingerprint density at radius 1 is 1.41 bits per heavy atom. The van der Waals surface area contributed by atoms with E-state index in [0.717, 1.165) is 0 Å². The molecule has 0 spiro atoms. The molecule has 2 rings (SSSR count). The van der Waals surface area contributed by atoms with Crippen molar-refractivity contribution in [2.75, 3.05) is 13.2 Å². The second kappa shape index (κ2) is 5.09. The maximum atomic E-state index is 11.6. The average Bonchev–Trinajstić information content (AvgIpc) is 2.39. The van der Waals surface area contributed by atoms with Crippen molar-refractivity contribution in [2.24, 2.45) is 5.92 Å². The van der Waals surface area contributed by atoms with Gasteiger partial charge >= 0.3 is 0 Å². The van der Waals surface area contributed by atoms with E-state index in [4.69, 9.17) is 10.00 Å². The quantitative estimate of drug-likeness (QED) is 0.830. The zero-order valence-electron chi connectivity index (χ0n) is 9.30. The van der Waals surface area contributed by atoms with Crippen molar-refractivity contribution in [2.45, 2.75) is 12.5 Å². The highest BCUT2D eigenvalue weighted by Crippen LogP contribution is 2.26. The minimum atomic E-state index is -0.851. The Morgan fingerprint density at radius 2 is 2.12 bits per heavy atom. The Labute approximate surface area is 99.4 Å². The van der Waals surface area contributed by atoms with Crippen LogP contribution in [0.3, 0.4) is 0 Å². The Morgan fingerprint density at radius 3 is 2.71 bits per heavy atom. The van der Waals surface area contributed by atoms with E-state index >= 15 is 0 Å². The number of aliphatic hydroxyl groups is 1. The predicted octanol–water partition coefficient (Wildman–Crippen LogP) is 1.20. The van der Waals surface area contributed by atoms with E-state index in [-0.39, 0.29) is 12.4 Å². The largest absolute Gasteiger partial charge is 0.388 e. The molecule has 88 valence electrons. The van der Waals surface area contributed by atoms with Crippen LogP contribution in [-0.4, -0.2) is 24.1 Å². The first kappa shape index (κ1) is 11.8. The summed E-state index contributed by atoms with van der Waals surface area (Å²) in [7, 11) is 0. The summed E-state index contributed by atoms with van der Waals surface area (Å²) >= 11 is 0. The Bertz CT molecular complexity index is 447. The van der Waals surface area contributed by atoms with Gasteiger partial charge in [0.05, 0.1) is 36.9 Å². The third kappa shape index (κ3) is 2.52. The van der Waals surface area contributed by atoms with Gasteiger partial charge in [0.2, 0.25) is 0 Å². The van der Waals surface area contributed by atoms with Crippen molar-refractivity contribution < 1.29 is 14.6 Å². The Balaban J connectivity index is 2.15. The summed E-state index contributed by atoms with van der Waals surface area (Å²) in [6.07, 6.45) is -0.492. The molecule has 1 aromatic rings. The molecule has 0 unspecified atom stereocenters. The molecule has 0 aromatic heterocycles. The number of nitrogens with zero attached hydrogens (tertiary/aromatic N) is 1. The lowest BCUT2D eigenvalue weighted by molar-refractivity contribution is -0.136. The predicted molar refractivity (Wildman–Crippen MR) is 60.0 cm³/mol. The SMILES string of the molecule is N#Cc1ccc([C@@H](O)[C@H]2COCCC2=O)cc1. The van der Waals surface area contributed by atoms with E-state index in [0.29, 0.717) is 24.2 Å². The highest BCUT2D eigenvalue weighted by Gasteiger charge is 2.30. The summed E-state index contributed by atoms with van der Waals surface area (Å²) in [5.41, 5.74) is 1.18. The van der Waals surface area contributed by atoms with Crippen LogP contribution in [0.15, 0.2) is 24.3 Å². The molecule has 1 heterocycles. The fraction of sp³-hybridized carbons (Fsp3) is 0.385. The number of rotatable bonds is 2. The van der Waals surface area contributed by atoms with E-state index < -0.39 is 12.0 Å². The summed E-state index contributed by atoms with van der Waals surface area (Å²) in [4.78, 5) is 11.6. The van der Waals surface area contributed by atoms with Crippen molar-refractivity contribution in [1.29, 1.82) is 5.26 Å². The van der Waals surface area contributed by atoms with Crippen LogP contribution in [0.1, 0.15) is 23.7 Å². The number of carbonyl (C=O) groups excluding carboxylic acids is 1. The van der Waals surface area contributed by atoms with Gasteiger partial charge in [-0.05, 0) is 17.7 Å². The summed E-state index contributed by atoms with van der Waals surface area (Å²) in [6, 6.07) is 8.61. The maximum Gasteiger partial charge on any atom is 0.143 e. The molecule has 1 aliphatic heterocycles. The second-order valence-electron chi connectivity index (χ2n) is 4.08. The fourth-order valence-electron chi connectivity index (χ4n) is 1.92. The number of ketones is 1. The topological polar surface area (TPSA) is 70.3 Å².